The second kappa shape index (κ2) is 7.25. The molecule has 0 radical (unpaired) electrons. The van der Waals surface area contributed by atoms with E-state index in [-0.39, 0.29) is 17.4 Å². The molecule has 5 rings (SSSR count). The fourth-order valence-corrected chi connectivity index (χ4v) is 4.02. The van der Waals surface area contributed by atoms with E-state index in [1.54, 1.807) is 28.8 Å². The molecular weight excluding hydrogens is 382 g/mol. The minimum absolute atomic E-state index is 0.0218. The van der Waals surface area contributed by atoms with Crippen LogP contribution >= 0.6 is 0 Å². The van der Waals surface area contributed by atoms with Crippen molar-refractivity contribution >= 4 is 22.8 Å². The van der Waals surface area contributed by atoms with Gasteiger partial charge >= 0.3 is 0 Å². The van der Waals surface area contributed by atoms with E-state index in [1.165, 1.54) is 6.20 Å². The first kappa shape index (κ1) is 18.3. The molecule has 9 heteroatoms. The Hall–Kier alpha value is -3.75. The van der Waals surface area contributed by atoms with Crippen LogP contribution in [0.4, 0.5) is 5.95 Å². The number of aryl methyl sites for hydroxylation is 1. The topological polar surface area (TPSA) is 102 Å². The quantitative estimate of drug-likeness (QED) is 0.512. The molecule has 1 aliphatic rings. The summed E-state index contributed by atoms with van der Waals surface area (Å²) in [6, 6.07) is 9.57. The molecular formula is C21H21N7O2. The summed E-state index contributed by atoms with van der Waals surface area (Å²) in [5.74, 6) is 0.518. The highest BCUT2D eigenvalue weighted by atomic mass is 16.1. The van der Waals surface area contributed by atoms with Crippen molar-refractivity contribution in [2.45, 2.75) is 25.3 Å². The van der Waals surface area contributed by atoms with E-state index in [4.69, 9.17) is 4.98 Å². The normalized spacial score (nSPS) is 16.4. The standard InChI is InChI=1S/C21H21N7O2/c1-26-13-14(11-22-26)18(29)10-16-8-5-9-27(16)21-24-19-17(20(30)25-21)12-23-28(19)15-6-3-2-4-7-15/h2-4,6-7,11-13,16H,5,8-10H2,1H3,(H,24,25,30). The lowest BCUT2D eigenvalue weighted by atomic mass is 10.0. The molecule has 30 heavy (non-hydrogen) atoms. The fourth-order valence-electron chi connectivity index (χ4n) is 4.02. The summed E-state index contributed by atoms with van der Waals surface area (Å²) >= 11 is 0. The van der Waals surface area contributed by atoms with Gasteiger partial charge in [-0.2, -0.15) is 15.2 Å². The molecule has 0 bridgehead atoms. The maximum Gasteiger partial charge on any atom is 0.263 e. The van der Waals surface area contributed by atoms with Crippen LogP contribution in [-0.4, -0.2) is 47.9 Å². The Bertz CT molecular complexity index is 1270. The lowest BCUT2D eigenvalue weighted by Crippen LogP contribution is -2.34. The molecule has 0 amide bonds. The highest BCUT2D eigenvalue weighted by Crippen LogP contribution is 2.26. The van der Waals surface area contributed by atoms with Crippen molar-refractivity contribution in [3.8, 4) is 5.69 Å². The zero-order chi connectivity index (χ0) is 20.7. The number of nitrogens with zero attached hydrogens (tertiary/aromatic N) is 6. The molecule has 1 atom stereocenters. The molecule has 1 N–H and O–H groups in total. The summed E-state index contributed by atoms with van der Waals surface area (Å²) in [4.78, 5) is 35.0. The van der Waals surface area contributed by atoms with Gasteiger partial charge in [-0.15, -0.1) is 0 Å². The van der Waals surface area contributed by atoms with Crippen molar-refractivity contribution < 1.29 is 4.79 Å². The molecule has 0 aliphatic carbocycles. The number of anilines is 1. The number of aromatic nitrogens is 6. The molecule has 0 spiro atoms. The van der Waals surface area contributed by atoms with Crippen LogP contribution in [0.5, 0.6) is 0 Å². The lowest BCUT2D eigenvalue weighted by molar-refractivity contribution is 0.0974. The largest absolute Gasteiger partial charge is 0.339 e. The SMILES string of the molecule is Cn1cc(C(=O)CC2CCCN2c2nc3c(cnn3-c3ccccc3)c(=O)[nH]2)cn1. The van der Waals surface area contributed by atoms with Gasteiger partial charge in [0.15, 0.2) is 11.4 Å². The smallest absolute Gasteiger partial charge is 0.263 e. The Morgan fingerprint density at radius 3 is 2.80 bits per heavy atom. The number of carbonyl (C=O) groups is 1. The predicted molar refractivity (Wildman–Crippen MR) is 112 cm³/mol. The van der Waals surface area contributed by atoms with Crippen molar-refractivity contribution in [3.63, 3.8) is 0 Å². The second-order valence-electron chi connectivity index (χ2n) is 7.54. The minimum atomic E-state index is -0.235. The van der Waals surface area contributed by atoms with Gasteiger partial charge in [0.25, 0.3) is 5.56 Å². The number of benzene rings is 1. The van der Waals surface area contributed by atoms with E-state index in [0.29, 0.717) is 29.0 Å². The molecule has 4 heterocycles. The average molecular weight is 403 g/mol. The summed E-state index contributed by atoms with van der Waals surface area (Å²) in [5.41, 5.74) is 1.70. The number of ketones is 1. The maximum absolute atomic E-state index is 12.7. The number of aromatic amines is 1. The van der Waals surface area contributed by atoms with Crippen LogP contribution < -0.4 is 10.5 Å². The van der Waals surface area contributed by atoms with Crippen molar-refractivity contribution in [2.24, 2.45) is 7.05 Å². The highest BCUT2D eigenvalue weighted by Gasteiger charge is 2.29. The zero-order valence-electron chi connectivity index (χ0n) is 16.5. The first-order chi connectivity index (χ1) is 14.6. The van der Waals surface area contributed by atoms with Gasteiger partial charge < -0.3 is 4.90 Å². The Balaban J connectivity index is 1.49. The van der Waals surface area contributed by atoms with Gasteiger partial charge in [-0.25, -0.2) is 4.68 Å². The minimum Gasteiger partial charge on any atom is -0.339 e. The highest BCUT2D eigenvalue weighted by molar-refractivity contribution is 5.96. The molecule has 0 saturated carbocycles. The summed E-state index contributed by atoms with van der Waals surface area (Å²) < 4.78 is 3.29. The molecule has 152 valence electrons. The van der Waals surface area contributed by atoms with Crippen molar-refractivity contribution in [3.05, 3.63) is 64.8 Å². The van der Waals surface area contributed by atoms with Gasteiger partial charge in [-0.3, -0.25) is 19.3 Å². The summed E-state index contributed by atoms with van der Waals surface area (Å²) in [7, 11) is 1.79. The van der Waals surface area contributed by atoms with Gasteiger partial charge in [-0.05, 0) is 25.0 Å². The molecule has 1 aliphatic heterocycles. The molecule has 1 saturated heterocycles. The van der Waals surface area contributed by atoms with Crippen LogP contribution in [0.2, 0.25) is 0 Å². The number of nitrogens with one attached hydrogen (secondary N) is 1. The average Bonchev–Trinajstić information content (AvgIpc) is 3.48. The van der Waals surface area contributed by atoms with Crippen LogP contribution in [0.15, 0.2) is 53.7 Å². The van der Waals surface area contributed by atoms with E-state index in [2.05, 4.69) is 15.2 Å². The lowest BCUT2D eigenvalue weighted by Gasteiger charge is -2.24. The molecule has 1 aromatic carbocycles. The Kier molecular flexibility index (Phi) is 4.42. The van der Waals surface area contributed by atoms with Crippen LogP contribution in [0.3, 0.4) is 0 Å². The molecule has 3 aromatic heterocycles. The maximum atomic E-state index is 12.7. The molecule has 1 unspecified atom stereocenters. The van der Waals surface area contributed by atoms with Crippen molar-refractivity contribution in [1.82, 2.24) is 29.5 Å². The second-order valence-corrected chi connectivity index (χ2v) is 7.54. The van der Waals surface area contributed by atoms with Gasteiger partial charge in [0.05, 0.1) is 23.6 Å². The molecule has 1 fully saturated rings. The van der Waals surface area contributed by atoms with Crippen molar-refractivity contribution in [2.75, 3.05) is 11.4 Å². The van der Waals surface area contributed by atoms with E-state index in [0.717, 1.165) is 25.1 Å². The van der Waals surface area contributed by atoms with E-state index in [1.807, 2.05) is 35.2 Å². The van der Waals surface area contributed by atoms with E-state index in [9.17, 15) is 9.59 Å². The first-order valence-electron chi connectivity index (χ1n) is 9.92. The molecule has 4 aromatic rings. The van der Waals surface area contributed by atoms with Gasteiger partial charge in [0.2, 0.25) is 5.95 Å². The third-order valence-electron chi connectivity index (χ3n) is 5.52. The number of carbonyl (C=O) groups excluding carboxylic acids is 1. The Morgan fingerprint density at radius 2 is 2.03 bits per heavy atom. The van der Waals surface area contributed by atoms with Crippen molar-refractivity contribution in [1.29, 1.82) is 0 Å². The number of H-pyrrole nitrogens is 1. The number of para-hydroxylation sites is 1. The Morgan fingerprint density at radius 1 is 1.20 bits per heavy atom. The first-order valence-corrected chi connectivity index (χ1v) is 9.92. The molecule has 9 nitrogen and oxygen atoms in total. The summed E-state index contributed by atoms with van der Waals surface area (Å²) in [6.45, 7) is 0.735. The Labute approximate surface area is 172 Å². The van der Waals surface area contributed by atoms with Crippen LogP contribution in [0.1, 0.15) is 29.6 Å². The van der Waals surface area contributed by atoms with Crippen LogP contribution in [0, 0.1) is 0 Å². The van der Waals surface area contributed by atoms with Gasteiger partial charge in [0.1, 0.15) is 5.39 Å². The number of hydrogen-bond acceptors (Lipinski definition) is 6. The van der Waals surface area contributed by atoms with E-state index < -0.39 is 0 Å². The third kappa shape index (κ3) is 3.18. The zero-order valence-corrected chi connectivity index (χ0v) is 16.5. The van der Waals surface area contributed by atoms with E-state index >= 15 is 0 Å². The number of rotatable bonds is 5. The van der Waals surface area contributed by atoms with Crippen LogP contribution in [0.25, 0.3) is 16.7 Å². The van der Waals surface area contributed by atoms with Gasteiger partial charge in [0, 0.05) is 32.3 Å². The number of hydrogen-bond donors (Lipinski definition) is 1. The third-order valence-corrected chi connectivity index (χ3v) is 5.52. The monoisotopic (exact) mass is 403 g/mol. The van der Waals surface area contributed by atoms with Crippen LogP contribution in [-0.2, 0) is 7.05 Å². The van der Waals surface area contributed by atoms with Gasteiger partial charge in [-0.1, -0.05) is 18.2 Å². The fraction of sp³-hybridized carbons (Fsp3) is 0.286. The number of Topliss-reactive ketones (excluding diaryl/α,β-unsaturated/α-hetero) is 1. The summed E-state index contributed by atoms with van der Waals surface area (Å²) in [6.07, 6.45) is 7.01. The summed E-state index contributed by atoms with van der Waals surface area (Å²) in [5, 5.41) is 8.87. The number of fused-ring (bicyclic) bond motifs is 1. The predicted octanol–water partition coefficient (Wildman–Crippen LogP) is 2.08.